The summed E-state index contributed by atoms with van der Waals surface area (Å²) in [6.45, 7) is 6.11. The maximum atomic E-state index is 5.58. The number of anilines is 1. The summed E-state index contributed by atoms with van der Waals surface area (Å²) < 4.78 is 5.58. The van der Waals surface area contributed by atoms with Gasteiger partial charge in [-0.1, -0.05) is 32.0 Å². The van der Waals surface area contributed by atoms with E-state index in [1.165, 1.54) is 5.56 Å². The summed E-state index contributed by atoms with van der Waals surface area (Å²) in [6.07, 6.45) is 3.71. The van der Waals surface area contributed by atoms with Crippen LogP contribution in [0.3, 0.4) is 0 Å². The molecule has 2 unspecified atom stereocenters. The molecule has 1 saturated heterocycles. The molecule has 0 aliphatic carbocycles. The van der Waals surface area contributed by atoms with Crippen LogP contribution in [-0.2, 0) is 4.74 Å². The van der Waals surface area contributed by atoms with E-state index in [1.807, 2.05) is 6.07 Å². The molecule has 2 rings (SSSR count). The van der Waals surface area contributed by atoms with Gasteiger partial charge in [-0.25, -0.2) is 0 Å². The number of nitrogens with one attached hydrogen (secondary N) is 2. The molecule has 0 amide bonds. The summed E-state index contributed by atoms with van der Waals surface area (Å²) in [5.41, 5.74) is 2.42. The fourth-order valence-corrected chi connectivity index (χ4v) is 2.63. The van der Waals surface area contributed by atoms with Crippen molar-refractivity contribution in [3.05, 3.63) is 29.8 Å². The van der Waals surface area contributed by atoms with Crippen LogP contribution in [-0.4, -0.2) is 24.4 Å². The van der Waals surface area contributed by atoms with E-state index in [1.54, 1.807) is 0 Å². The summed E-state index contributed by atoms with van der Waals surface area (Å²) in [4.78, 5) is 0. The summed E-state index contributed by atoms with van der Waals surface area (Å²) in [7, 11) is 0. The van der Waals surface area contributed by atoms with Crippen LogP contribution in [0, 0.1) is 0 Å². The van der Waals surface area contributed by atoms with E-state index in [-0.39, 0.29) is 0 Å². The van der Waals surface area contributed by atoms with E-state index in [9.17, 15) is 0 Å². The Labute approximate surface area is 127 Å². The maximum absolute atomic E-state index is 5.58. The van der Waals surface area contributed by atoms with E-state index in [2.05, 4.69) is 42.7 Å². The van der Waals surface area contributed by atoms with E-state index in [4.69, 9.17) is 17.0 Å². The zero-order valence-electron chi connectivity index (χ0n) is 12.3. The van der Waals surface area contributed by atoms with Gasteiger partial charge < -0.3 is 15.4 Å². The van der Waals surface area contributed by atoms with Crippen molar-refractivity contribution in [1.29, 1.82) is 0 Å². The Hall–Kier alpha value is -1.13. The zero-order chi connectivity index (χ0) is 14.4. The molecule has 0 radical (unpaired) electrons. The molecular weight excluding hydrogens is 268 g/mol. The Morgan fingerprint density at radius 2 is 2.25 bits per heavy atom. The number of rotatable bonds is 5. The fraction of sp³-hybridized carbons (Fsp3) is 0.562. The van der Waals surface area contributed by atoms with Crippen LogP contribution >= 0.6 is 12.2 Å². The lowest BCUT2D eigenvalue weighted by Gasteiger charge is -2.18. The molecule has 0 bridgehead atoms. The normalized spacial score (nSPS) is 19.6. The SMILES string of the molecule is CCC(C)c1ccccc1NC(=S)NCC1CCCO1. The van der Waals surface area contributed by atoms with Gasteiger partial charge in [0.2, 0.25) is 0 Å². The third-order valence-electron chi connectivity index (χ3n) is 3.87. The minimum absolute atomic E-state index is 0.305. The summed E-state index contributed by atoms with van der Waals surface area (Å²) in [6, 6.07) is 8.37. The molecule has 0 spiro atoms. The number of para-hydroxylation sites is 1. The van der Waals surface area contributed by atoms with Crippen molar-refractivity contribution in [3.63, 3.8) is 0 Å². The van der Waals surface area contributed by atoms with Crippen molar-refractivity contribution in [1.82, 2.24) is 5.32 Å². The third-order valence-corrected chi connectivity index (χ3v) is 4.11. The second kappa shape index (κ2) is 7.60. The van der Waals surface area contributed by atoms with E-state index in [0.717, 1.165) is 38.1 Å². The zero-order valence-corrected chi connectivity index (χ0v) is 13.1. The maximum Gasteiger partial charge on any atom is 0.170 e. The van der Waals surface area contributed by atoms with Crippen molar-refractivity contribution in [2.24, 2.45) is 0 Å². The highest BCUT2D eigenvalue weighted by Crippen LogP contribution is 2.26. The van der Waals surface area contributed by atoms with Gasteiger partial charge in [0.1, 0.15) is 0 Å². The quantitative estimate of drug-likeness (QED) is 0.811. The number of hydrogen-bond acceptors (Lipinski definition) is 2. The minimum Gasteiger partial charge on any atom is -0.376 e. The van der Waals surface area contributed by atoms with Crippen LogP contribution in [0.1, 0.15) is 44.6 Å². The van der Waals surface area contributed by atoms with Crippen molar-refractivity contribution in [3.8, 4) is 0 Å². The lowest BCUT2D eigenvalue weighted by Crippen LogP contribution is -2.35. The smallest absolute Gasteiger partial charge is 0.170 e. The number of thiocarbonyl (C=S) groups is 1. The molecule has 4 heteroatoms. The topological polar surface area (TPSA) is 33.3 Å². The molecule has 1 aromatic rings. The molecule has 20 heavy (non-hydrogen) atoms. The van der Waals surface area contributed by atoms with Crippen molar-refractivity contribution >= 4 is 23.0 Å². The highest BCUT2D eigenvalue weighted by molar-refractivity contribution is 7.80. The van der Waals surface area contributed by atoms with Crippen LogP contribution in [0.25, 0.3) is 0 Å². The van der Waals surface area contributed by atoms with Crippen LogP contribution in [0.4, 0.5) is 5.69 Å². The Morgan fingerprint density at radius 3 is 2.95 bits per heavy atom. The standard InChI is InChI=1S/C16H24N2OS/c1-3-12(2)14-8-4-5-9-15(14)18-16(20)17-11-13-7-6-10-19-13/h4-5,8-9,12-13H,3,6-7,10-11H2,1-2H3,(H2,17,18,20). The fourth-order valence-electron chi connectivity index (χ4n) is 2.44. The first kappa shape index (κ1) is 15.3. The van der Waals surface area contributed by atoms with Crippen LogP contribution in [0.2, 0.25) is 0 Å². The Bertz CT molecular complexity index is 444. The molecule has 1 heterocycles. The Balaban J connectivity index is 1.90. The first-order valence-electron chi connectivity index (χ1n) is 7.46. The van der Waals surface area contributed by atoms with E-state index >= 15 is 0 Å². The van der Waals surface area contributed by atoms with Crippen molar-refractivity contribution in [2.45, 2.75) is 45.1 Å². The molecule has 1 fully saturated rings. The molecule has 0 aromatic heterocycles. The number of ether oxygens (including phenoxy) is 1. The van der Waals surface area contributed by atoms with Crippen molar-refractivity contribution < 1.29 is 4.74 Å². The first-order valence-corrected chi connectivity index (χ1v) is 7.87. The lowest BCUT2D eigenvalue weighted by atomic mass is 9.97. The van der Waals surface area contributed by atoms with Gasteiger partial charge in [0.05, 0.1) is 6.10 Å². The predicted molar refractivity (Wildman–Crippen MR) is 88.3 cm³/mol. The molecule has 110 valence electrons. The van der Waals surface area contributed by atoms with Gasteiger partial charge in [-0.05, 0) is 49.0 Å². The summed E-state index contributed by atoms with van der Waals surface area (Å²) in [5.74, 6) is 0.527. The summed E-state index contributed by atoms with van der Waals surface area (Å²) in [5, 5.41) is 7.24. The van der Waals surface area contributed by atoms with E-state index < -0.39 is 0 Å². The monoisotopic (exact) mass is 292 g/mol. The first-order chi connectivity index (χ1) is 9.70. The van der Waals surface area contributed by atoms with Gasteiger partial charge in [-0.3, -0.25) is 0 Å². The second-order valence-corrected chi connectivity index (χ2v) is 5.77. The van der Waals surface area contributed by atoms with Gasteiger partial charge in [0, 0.05) is 18.8 Å². The average Bonchev–Trinajstić information content (AvgIpc) is 2.98. The highest BCUT2D eigenvalue weighted by atomic mass is 32.1. The van der Waals surface area contributed by atoms with Gasteiger partial charge >= 0.3 is 0 Å². The molecule has 2 atom stereocenters. The summed E-state index contributed by atoms with van der Waals surface area (Å²) >= 11 is 5.38. The average molecular weight is 292 g/mol. The predicted octanol–water partition coefficient (Wildman–Crippen LogP) is 3.67. The molecule has 1 aliphatic heterocycles. The molecule has 3 nitrogen and oxygen atoms in total. The minimum atomic E-state index is 0.305. The molecular formula is C16H24N2OS. The Kier molecular flexibility index (Phi) is 5.80. The molecule has 1 aliphatic rings. The van der Waals surface area contributed by atoms with Gasteiger partial charge in [-0.2, -0.15) is 0 Å². The van der Waals surface area contributed by atoms with Crippen LogP contribution < -0.4 is 10.6 Å². The lowest BCUT2D eigenvalue weighted by molar-refractivity contribution is 0.114. The largest absolute Gasteiger partial charge is 0.376 e. The number of hydrogen-bond donors (Lipinski definition) is 2. The van der Waals surface area contributed by atoms with Crippen LogP contribution in [0.15, 0.2) is 24.3 Å². The molecule has 2 N–H and O–H groups in total. The van der Waals surface area contributed by atoms with Gasteiger partial charge in [0.25, 0.3) is 0 Å². The molecule has 1 aromatic carbocycles. The van der Waals surface area contributed by atoms with Gasteiger partial charge in [-0.15, -0.1) is 0 Å². The Morgan fingerprint density at radius 1 is 1.45 bits per heavy atom. The second-order valence-electron chi connectivity index (χ2n) is 5.37. The van der Waals surface area contributed by atoms with Crippen molar-refractivity contribution in [2.75, 3.05) is 18.5 Å². The van der Waals surface area contributed by atoms with Crippen LogP contribution in [0.5, 0.6) is 0 Å². The van der Waals surface area contributed by atoms with Gasteiger partial charge in [0.15, 0.2) is 5.11 Å². The highest BCUT2D eigenvalue weighted by Gasteiger charge is 2.15. The molecule has 0 saturated carbocycles. The third kappa shape index (κ3) is 4.18. The number of benzene rings is 1. The van der Waals surface area contributed by atoms with E-state index in [0.29, 0.717) is 17.1 Å².